The van der Waals surface area contributed by atoms with E-state index >= 15 is 0 Å². The average molecular weight is 311 g/mol. The topological polar surface area (TPSA) is 32.7 Å². The Morgan fingerprint density at radius 1 is 1.17 bits per heavy atom. The number of ether oxygens (including phenoxy) is 1. The Hall–Kier alpha value is -1.84. The molecule has 1 N–H and O–H groups in total. The molecule has 1 heterocycles. The zero-order chi connectivity index (χ0) is 16.1. The molecule has 0 aromatic heterocycles. The molecule has 1 aliphatic heterocycles. The molecular formula is C20H25NO2. The van der Waals surface area contributed by atoms with Crippen LogP contribution in [0.4, 0.5) is 0 Å². The molecule has 3 rings (SSSR count). The molecular weight excluding hydrogens is 286 g/mol. The van der Waals surface area contributed by atoms with E-state index in [1.807, 2.05) is 31.2 Å². The van der Waals surface area contributed by atoms with Crippen LogP contribution in [-0.2, 0) is 0 Å². The van der Waals surface area contributed by atoms with Gasteiger partial charge in [-0.25, -0.2) is 0 Å². The van der Waals surface area contributed by atoms with Gasteiger partial charge in [0.2, 0.25) is 0 Å². The highest BCUT2D eigenvalue weighted by molar-refractivity contribution is 5.27. The summed E-state index contributed by atoms with van der Waals surface area (Å²) in [5.41, 5.74) is 2.57. The van der Waals surface area contributed by atoms with Gasteiger partial charge in [-0.05, 0) is 49.1 Å². The first-order chi connectivity index (χ1) is 11.2. The molecule has 0 aliphatic carbocycles. The lowest BCUT2D eigenvalue weighted by Gasteiger charge is -2.20. The molecule has 0 saturated carbocycles. The number of hydrogen-bond acceptors (Lipinski definition) is 3. The number of rotatable bonds is 6. The lowest BCUT2D eigenvalue weighted by Crippen LogP contribution is -2.34. The van der Waals surface area contributed by atoms with Gasteiger partial charge in [0, 0.05) is 13.1 Å². The molecule has 0 amide bonds. The van der Waals surface area contributed by atoms with Crippen molar-refractivity contribution in [2.75, 3.05) is 26.2 Å². The standard InChI is InChI=1S/C20H25NO2/c1-16-6-5-9-20(12-16)23-15-19(22)14-21-11-10-18(13-21)17-7-3-2-4-8-17/h2-9,12,18-19,22H,10-11,13-15H2,1H3/t18-,19-/m1/s1. The van der Waals surface area contributed by atoms with Crippen molar-refractivity contribution in [3.8, 4) is 5.75 Å². The summed E-state index contributed by atoms with van der Waals surface area (Å²) in [5, 5.41) is 10.2. The molecule has 0 unspecified atom stereocenters. The number of benzene rings is 2. The van der Waals surface area contributed by atoms with Gasteiger partial charge in [-0.3, -0.25) is 0 Å². The van der Waals surface area contributed by atoms with Crippen LogP contribution >= 0.6 is 0 Å². The maximum absolute atomic E-state index is 10.2. The van der Waals surface area contributed by atoms with Crippen LogP contribution in [0.2, 0.25) is 0 Å². The van der Waals surface area contributed by atoms with Crippen LogP contribution in [-0.4, -0.2) is 42.4 Å². The number of likely N-dealkylation sites (tertiary alicyclic amines) is 1. The summed E-state index contributed by atoms with van der Waals surface area (Å²) in [6, 6.07) is 18.6. The lowest BCUT2D eigenvalue weighted by atomic mass is 9.99. The van der Waals surface area contributed by atoms with Gasteiger partial charge in [-0.1, -0.05) is 42.5 Å². The highest BCUT2D eigenvalue weighted by atomic mass is 16.5. The molecule has 0 radical (unpaired) electrons. The van der Waals surface area contributed by atoms with Crippen molar-refractivity contribution in [1.82, 2.24) is 4.90 Å². The SMILES string of the molecule is Cc1cccc(OC[C@H](O)CN2CC[C@@H](c3ccccc3)C2)c1. The van der Waals surface area contributed by atoms with E-state index in [1.165, 1.54) is 11.1 Å². The third kappa shape index (κ3) is 4.57. The number of nitrogens with zero attached hydrogens (tertiary/aromatic N) is 1. The second-order valence-corrected chi connectivity index (χ2v) is 6.44. The van der Waals surface area contributed by atoms with Gasteiger partial charge in [0.1, 0.15) is 18.5 Å². The van der Waals surface area contributed by atoms with Gasteiger partial charge in [0.25, 0.3) is 0 Å². The molecule has 23 heavy (non-hydrogen) atoms. The minimum absolute atomic E-state index is 0.343. The third-order valence-corrected chi connectivity index (χ3v) is 4.44. The van der Waals surface area contributed by atoms with E-state index in [0.29, 0.717) is 19.1 Å². The predicted molar refractivity (Wildman–Crippen MR) is 92.9 cm³/mol. The minimum Gasteiger partial charge on any atom is -0.491 e. The summed E-state index contributed by atoms with van der Waals surface area (Å²) in [6.07, 6.45) is 0.709. The Balaban J connectivity index is 1.45. The molecule has 122 valence electrons. The largest absolute Gasteiger partial charge is 0.491 e. The van der Waals surface area contributed by atoms with Crippen molar-refractivity contribution in [2.24, 2.45) is 0 Å². The Morgan fingerprint density at radius 2 is 2.00 bits per heavy atom. The van der Waals surface area contributed by atoms with Gasteiger partial charge < -0.3 is 14.7 Å². The molecule has 3 nitrogen and oxygen atoms in total. The summed E-state index contributed by atoms with van der Waals surface area (Å²) in [6.45, 7) is 5.12. The summed E-state index contributed by atoms with van der Waals surface area (Å²) < 4.78 is 5.69. The second kappa shape index (κ2) is 7.62. The number of β-amino-alcohol motifs (C(OH)–C–C–N with tert-alkyl or cyclic N) is 1. The van der Waals surface area contributed by atoms with E-state index in [-0.39, 0.29) is 0 Å². The fourth-order valence-electron chi connectivity index (χ4n) is 3.24. The molecule has 2 aromatic carbocycles. The maximum Gasteiger partial charge on any atom is 0.119 e. The smallest absolute Gasteiger partial charge is 0.119 e. The van der Waals surface area contributed by atoms with Crippen LogP contribution in [0.3, 0.4) is 0 Å². The number of hydrogen-bond donors (Lipinski definition) is 1. The molecule has 3 heteroatoms. The van der Waals surface area contributed by atoms with Gasteiger partial charge in [-0.2, -0.15) is 0 Å². The Labute approximate surface area is 138 Å². The molecule has 1 saturated heterocycles. The second-order valence-electron chi connectivity index (χ2n) is 6.44. The van der Waals surface area contributed by atoms with Crippen molar-refractivity contribution in [3.05, 3.63) is 65.7 Å². The zero-order valence-electron chi connectivity index (χ0n) is 13.7. The highest BCUT2D eigenvalue weighted by Crippen LogP contribution is 2.26. The van der Waals surface area contributed by atoms with E-state index in [2.05, 4.69) is 35.2 Å². The van der Waals surface area contributed by atoms with E-state index in [4.69, 9.17) is 4.74 Å². The van der Waals surface area contributed by atoms with Crippen molar-refractivity contribution in [3.63, 3.8) is 0 Å². The third-order valence-electron chi connectivity index (χ3n) is 4.44. The first-order valence-electron chi connectivity index (χ1n) is 8.35. The number of aliphatic hydroxyl groups excluding tert-OH is 1. The number of aryl methyl sites for hydroxylation is 1. The molecule has 1 aliphatic rings. The summed E-state index contributed by atoms with van der Waals surface area (Å²) in [4.78, 5) is 2.34. The normalized spacial score (nSPS) is 19.7. The van der Waals surface area contributed by atoms with E-state index in [1.54, 1.807) is 0 Å². The molecule has 2 atom stereocenters. The fraction of sp³-hybridized carbons (Fsp3) is 0.400. The Morgan fingerprint density at radius 3 is 2.78 bits per heavy atom. The minimum atomic E-state index is -0.454. The highest BCUT2D eigenvalue weighted by Gasteiger charge is 2.25. The van der Waals surface area contributed by atoms with Crippen molar-refractivity contribution in [1.29, 1.82) is 0 Å². The monoisotopic (exact) mass is 311 g/mol. The van der Waals surface area contributed by atoms with Crippen LogP contribution in [0.5, 0.6) is 5.75 Å². The summed E-state index contributed by atoms with van der Waals surface area (Å²) >= 11 is 0. The van der Waals surface area contributed by atoms with E-state index < -0.39 is 6.10 Å². The van der Waals surface area contributed by atoms with Crippen LogP contribution < -0.4 is 4.74 Å². The van der Waals surface area contributed by atoms with E-state index in [0.717, 1.165) is 25.3 Å². The maximum atomic E-state index is 10.2. The zero-order valence-corrected chi connectivity index (χ0v) is 13.7. The Bertz CT molecular complexity index is 614. The van der Waals surface area contributed by atoms with Crippen molar-refractivity contribution >= 4 is 0 Å². The predicted octanol–water partition coefficient (Wildman–Crippen LogP) is 3.22. The van der Waals surface area contributed by atoms with E-state index in [9.17, 15) is 5.11 Å². The van der Waals surface area contributed by atoms with Gasteiger partial charge in [0.05, 0.1) is 0 Å². The van der Waals surface area contributed by atoms with Crippen LogP contribution in [0, 0.1) is 6.92 Å². The van der Waals surface area contributed by atoms with Gasteiger partial charge >= 0.3 is 0 Å². The molecule has 1 fully saturated rings. The fourth-order valence-corrected chi connectivity index (χ4v) is 3.24. The first-order valence-corrected chi connectivity index (χ1v) is 8.35. The van der Waals surface area contributed by atoms with Crippen LogP contribution in [0.1, 0.15) is 23.5 Å². The van der Waals surface area contributed by atoms with Crippen molar-refractivity contribution in [2.45, 2.75) is 25.4 Å². The molecule has 2 aromatic rings. The number of aliphatic hydroxyl groups is 1. The Kier molecular flexibility index (Phi) is 5.31. The molecule has 0 spiro atoms. The summed E-state index contributed by atoms with van der Waals surface area (Å²) in [7, 11) is 0. The van der Waals surface area contributed by atoms with Gasteiger partial charge in [0.15, 0.2) is 0 Å². The van der Waals surface area contributed by atoms with Crippen LogP contribution in [0.15, 0.2) is 54.6 Å². The lowest BCUT2D eigenvalue weighted by molar-refractivity contribution is 0.0754. The molecule has 0 bridgehead atoms. The quantitative estimate of drug-likeness (QED) is 0.889. The van der Waals surface area contributed by atoms with Crippen LogP contribution in [0.25, 0.3) is 0 Å². The average Bonchev–Trinajstić information content (AvgIpc) is 3.02. The van der Waals surface area contributed by atoms with Gasteiger partial charge in [-0.15, -0.1) is 0 Å². The summed E-state index contributed by atoms with van der Waals surface area (Å²) in [5.74, 6) is 1.41. The first kappa shape index (κ1) is 16.0. The van der Waals surface area contributed by atoms with Crippen molar-refractivity contribution < 1.29 is 9.84 Å².